The highest BCUT2D eigenvalue weighted by Gasteiger charge is 2.35. The van der Waals surface area contributed by atoms with E-state index in [-0.39, 0.29) is 36.0 Å². The minimum absolute atomic E-state index is 0.00681. The Morgan fingerprint density at radius 2 is 1.50 bits per heavy atom. The lowest BCUT2D eigenvalue weighted by molar-refractivity contribution is 0.0293. The highest BCUT2D eigenvalue weighted by atomic mass is 16.5. The van der Waals surface area contributed by atoms with E-state index in [9.17, 15) is 29.4 Å². The summed E-state index contributed by atoms with van der Waals surface area (Å²) in [5.74, 6) is 0.00774. The van der Waals surface area contributed by atoms with Gasteiger partial charge in [0.05, 0.1) is 13.7 Å². The normalized spacial score (nSPS) is 21.9. The molecular weight excluding hydrogens is 374 g/mol. The molecule has 0 bridgehead atoms. The second-order valence-corrected chi connectivity index (χ2v) is 6.49. The number of hydrogen-bond acceptors (Lipinski definition) is 11. The van der Waals surface area contributed by atoms with Crippen LogP contribution in [0.2, 0.25) is 0 Å². The second-order valence-electron chi connectivity index (χ2n) is 6.49. The van der Waals surface area contributed by atoms with Crippen LogP contribution in [0.15, 0.2) is 19.2 Å². The number of nitrogens with one attached hydrogen (secondary N) is 3. The zero-order valence-electron chi connectivity index (χ0n) is 15.1. The van der Waals surface area contributed by atoms with E-state index in [2.05, 4.69) is 16.0 Å². The minimum Gasteiger partial charge on any atom is -0.491 e. The van der Waals surface area contributed by atoms with Crippen LogP contribution in [0, 0.1) is 0 Å². The fourth-order valence-corrected chi connectivity index (χ4v) is 3.02. The molecule has 1 saturated heterocycles. The smallest absolute Gasteiger partial charge is 0.271 e. The Hall–Kier alpha value is -2.76. The maximum Gasteiger partial charge on any atom is 0.271 e. The topological polar surface area (TPSA) is 163 Å². The van der Waals surface area contributed by atoms with Crippen molar-refractivity contribution < 1.29 is 19.7 Å². The number of rotatable bonds is 10. The fourth-order valence-electron chi connectivity index (χ4n) is 3.02. The van der Waals surface area contributed by atoms with E-state index < -0.39 is 40.0 Å². The highest BCUT2D eigenvalue weighted by Crippen LogP contribution is 2.19. The van der Waals surface area contributed by atoms with Gasteiger partial charge in [-0.3, -0.25) is 19.2 Å². The first-order chi connectivity index (χ1) is 13.4. The van der Waals surface area contributed by atoms with Crippen molar-refractivity contribution >= 4 is 17.1 Å². The summed E-state index contributed by atoms with van der Waals surface area (Å²) in [4.78, 5) is 46.1. The van der Waals surface area contributed by atoms with E-state index in [1.54, 1.807) is 0 Å². The van der Waals surface area contributed by atoms with Gasteiger partial charge in [0.1, 0.15) is 35.4 Å². The Morgan fingerprint density at radius 1 is 0.929 bits per heavy atom. The van der Waals surface area contributed by atoms with E-state index in [1.807, 2.05) is 0 Å². The molecule has 0 aromatic heterocycles. The zero-order valence-corrected chi connectivity index (χ0v) is 15.1. The Kier molecular flexibility index (Phi) is 5.77. The largest absolute Gasteiger partial charge is 0.491 e. The molecule has 0 amide bonds. The number of aliphatic hydroxyl groups excluding tert-OH is 2. The van der Waals surface area contributed by atoms with Crippen LogP contribution in [0.25, 0.3) is 0 Å². The molecule has 28 heavy (non-hydrogen) atoms. The fraction of sp³-hybridized carbons (Fsp3) is 0.529. The molecule has 1 fully saturated rings. The van der Waals surface area contributed by atoms with E-state index in [0.717, 1.165) is 0 Å². The van der Waals surface area contributed by atoms with E-state index in [4.69, 9.17) is 9.47 Å². The first kappa shape index (κ1) is 20.0. The molecule has 2 aromatic carbocycles. The average Bonchev–Trinajstić information content (AvgIpc) is 3.02. The van der Waals surface area contributed by atoms with Crippen molar-refractivity contribution in [3.63, 3.8) is 0 Å². The van der Waals surface area contributed by atoms with E-state index in [1.165, 1.54) is 7.11 Å². The van der Waals surface area contributed by atoms with Crippen molar-refractivity contribution in [3.8, 4) is 5.75 Å². The molecule has 1 aliphatic rings. The monoisotopic (exact) mass is 395 g/mol. The van der Waals surface area contributed by atoms with Gasteiger partial charge in [0.15, 0.2) is 5.75 Å². The highest BCUT2D eigenvalue weighted by molar-refractivity contribution is 5.74. The molecule has 0 radical (unpaired) electrons. The lowest BCUT2D eigenvalue weighted by atomic mass is 10.1. The lowest BCUT2D eigenvalue weighted by Gasteiger charge is -2.19. The summed E-state index contributed by atoms with van der Waals surface area (Å²) >= 11 is 0. The standard InChI is InChI=1S/C17H21N3O8/c1-27-17-11(15(25)16(17)26)19-4-2-3-18-9-10(14(24)13(9)23)20-5-8-12(22)7(21)6-28-8/h7-8,12,18-22H,2-6H2,1H3. The summed E-state index contributed by atoms with van der Waals surface area (Å²) in [5, 5.41) is 27.6. The first-order valence-electron chi connectivity index (χ1n) is 8.76. The van der Waals surface area contributed by atoms with Gasteiger partial charge >= 0.3 is 0 Å². The molecule has 2 aromatic rings. The van der Waals surface area contributed by atoms with Crippen molar-refractivity contribution in [3.05, 3.63) is 40.9 Å². The summed E-state index contributed by atoms with van der Waals surface area (Å²) in [6, 6.07) is 0. The summed E-state index contributed by atoms with van der Waals surface area (Å²) in [6.45, 7) is 0.772. The molecule has 3 unspecified atom stereocenters. The third kappa shape index (κ3) is 3.51. The predicted octanol–water partition coefficient (Wildman–Crippen LogP) is -2.67. The van der Waals surface area contributed by atoms with Crippen LogP contribution in [-0.4, -0.2) is 61.9 Å². The number of aliphatic hydroxyl groups is 2. The predicted molar refractivity (Wildman–Crippen MR) is 101 cm³/mol. The molecule has 0 spiro atoms. The van der Waals surface area contributed by atoms with E-state index in [0.29, 0.717) is 19.5 Å². The molecule has 1 aliphatic heterocycles. The SMILES string of the molecule is COc1c(NCCCNc2c(NCC3OCC(O)C3O)c(=O)c2=O)c(=O)c1=O. The molecule has 3 rings (SSSR count). The van der Waals surface area contributed by atoms with Crippen LogP contribution in [-0.2, 0) is 4.74 Å². The van der Waals surface area contributed by atoms with Crippen molar-refractivity contribution in [1.29, 1.82) is 0 Å². The van der Waals surface area contributed by atoms with Gasteiger partial charge < -0.3 is 35.6 Å². The van der Waals surface area contributed by atoms with Gasteiger partial charge in [-0.2, -0.15) is 0 Å². The molecule has 1 heterocycles. The van der Waals surface area contributed by atoms with Crippen molar-refractivity contribution in [2.24, 2.45) is 0 Å². The molecule has 5 N–H and O–H groups in total. The van der Waals surface area contributed by atoms with Crippen LogP contribution in [0.1, 0.15) is 6.42 Å². The van der Waals surface area contributed by atoms with Gasteiger partial charge in [0, 0.05) is 19.6 Å². The van der Waals surface area contributed by atoms with Crippen molar-refractivity contribution in [2.45, 2.75) is 24.7 Å². The summed E-state index contributed by atoms with van der Waals surface area (Å²) < 4.78 is 10.0. The van der Waals surface area contributed by atoms with Gasteiger partial charge in [-0.05, 0) is 6.42 Å². The molecule has 3 atom stereocenters. The third-order valence-electron chi connectivity index (χ3n) is 4.67. The maximum atomic E-state index is 11.7. The van der Waals surface area contributed by atoms with Crippen LogP contribution < -0.4 is 42.4 Å². The van der Waals surface area contributed by atoms with Crippen molar-refractivity contribution in [1.82, 2.24) is 0 Å². The molecule has 11 nitrogen and oxygen atoms in total. The number of ether oxygens (including phenoxy) is 2. The van der Waals surface area contributed by atoms with Gasteiger partial charge in [-0.15, -0.1) is 0 Å². The quantitative estimate of drug-likeness (QED) is 0.211. The Bertz CT molecular complexity index is 986. The molecular formula is C17H21N3O8. The Morgan fingerprint density at radius 3 is 2.07 bits per heavy atom. The number of anilines is 3. The van der Waals surface area contributed by atoms with Crippen LogP contribution in [0.4, 0.5) is 17.1 Å². The molecule has 0 aliphatic carbocycles. The van der Waals surface area contributed by atoms with Gasteiger partial charge in [0.25, 0.3) is 21.7 Å². The zero-order chi connectivity index (χ0) is 20.4. The second kappa shape index (κ2) is 8.09. The van der Waals surface area contributed by atoms with Crippen molar-refractivity contribution in [2.75, 3.05) is 49.3 Å². The van der Waals surface area contributed by atoms with E-state index >= 15 is 0 Å². The summed E-state index contributed by atoms with van der Waals surface area (Å²) in [5.41, 5.74) is -2.20. The van der Waals surface area contributed by atoms with Crippen LogP contribution >= 0.6 is 0 Å². The number of hydrogen-bond donors (Lipinski definition) is 5. The van der Waals surface area contributed by atoms with Gasteiger partial charge in [0.2, 0.25) is 0 Å². The summed E-state index contributed by atoms with van der Waals surface area (Å²) in [6.07, 6.45) is -2.22. The average molecular weight is 395 g/mol. The molecule has 152 valence electrons. The Labute approximate surface area is 158 Å². The van der Waals surface area contributed by atoms with Crippen LogP contribution in [0.3, 0.4) is 0 Å². The first-order valence-corrected chi connectivity index (χ1v) is 8.76. The van der Waals surface area contributed by atoms with Gasteiger partial charge in [-0.25, -0.2) is 0 Å². The number of methoxy groups -OCH3 is 1. The Balaban J connectivity index is 1.45. The van der Waals surface area contributed by atoms with Crippen LogP contribution in [0.5, 0.6) is 5.75 Å². The minimum atomic E-state index is -1.06. The summed E-state index contributed by atoms with van der Waals surface area (Å²) in [7, 11) is 1.31. The molecule has 0 saturated carbocycles. The van der Waals surface area contributed by atoms with Gasteiger partial charge in [-0.1, -0.05) is 0 Å². The lowest BCUT2D eigenvalue weighted by Crippen LogP contribution is -2.41. The maximum absolute atomic E-state index is 11.7. The third-order valence-corrected chi connectivity index (χ3v) is 4.67. The molecule has 11 heteroatoms.